The van der Waals surface area contributed by atoms with Crippen LogP contribution in [-0.2, 0) is 25.6 Å². The number of nitriles is 1. The van der Waals surface area contributed by atoms with Crippen LogP contribution < -0.4 is 10.5 Å². The van der Waals surface area contributed by atoms with E-state index in [1.807, 2.05) is 11.8 Å². The first-order valence-corrected chi connectivity index (χ1v) is 14.0. The summed E-state index contributed by atoms with van der Waals surface area (Å²) in [6, 6.07) is 2.05. The average Bonchev–Trinajstić information content (AvgIpc) is 3.50. The van der Waals surface area contributed by atoms with Crippen molar-refractivity contribution in [3.05, 3.63) is 31.9 Å². The van der Waals surface area contributed by atoms with E-state index in [4.69, 9.17) is 21.7 Å². The highest BCUT2D eigenvalue weighted by atomic mass is 32.2. The van der Waals surface area contributed by atoms with Crippen LogP contribution in [0.3, 0.4) is 0 Å². The van der Waals surface area contributed by atoms with Crippen molar-refractivity contribution in [1.29, 1.82) is 5.26 Å². The Morgan fingerprint density at radius 3 is 2.73 bits per heavy atom. The Balaban J connectivity index is 1.77. The molecule has 2 unspecified atom stereocenters. The number of amides is 1. The molecule has 0 aliphatic carbocycles. The van der Waals surface area contributed by atoms with Crippen LogP contribution >= 0.6 is 24.0 Å². The third-order valence-corrected chi connectivity index (χ3v) is 8.44. The van der Waals surface area contributed by atoms with Crippen molar-refractivity contribution in [2.75, 3.05) is 37.7 Å². The number of carbonyl (C=O) groups excluding carboxylic acids is 2. The van der Waals surface area contributed by atoms with E-state index in [1.54, 1.807) is 29.4 Å². The summed E-state index contributed by atoms with van der Waals surface area (Å²) in [4.78, 5) is 43.2. The second-order valence-corrected chi connectivity index (χ2v) is 11.0. The summed E-state index contributed by atoms with van der Waals surface area (Å²) in [7, 11) is 0. The molecule has 0 aromatic carbocycles. The first kappa shape index (κ1) is 27.4. The van der Waals surface area contributed by atoms with Crippen LogP contribution in [0.1, 0.15) is 56.2 Å². The molecule has 3 fully saturated rings. The summed E-state index contributed by atoms with van der Waals surface area (Å²) in [5.74, 6) is -0.156. The third kappa shape index (κ3) is 5.47. The van der Waals surface area contributed by atoms with Crippen LogP contribution in [0.5, 0.6) is 0 Å². The number of thioether (sulfide) groups is 1. The van der Waals surface area contributed by atoms with Gasteiger partial charge in [-0.05, 0) is 58.1 Å². The Bertz CT molecular complexity index is 1230. The molecule has 0 radical (unpaired) electrons. The van der Waals surface area contributed by atoms with Crippen molar-refractivity contribution in [1.82, 2.24) is 9.47 Å². The molecule has 1 aromatic rings. The van der Waals surface area contributed by atoms with Gasteiger partial charge in [0.2, 0.25) is 0 Å². The fraction of sp³-hybridized carbons (Fsp3) is 0.577. The summed E-state index contributed by atoms with van der Waals surface area (Å²) >= 11 is 6.74. The van der Waals surface area contributed by atoms with Crippen molar-refractivity contribution >= 4 is 52.1 Å². The second kappa shape index (κ2) is 11.8. The smallest absolute Gasteiger partial charge is 0.310 e. The fourth-order valence-electron chi connectivity index (χ4n) is 5.18. The minimum absolute atomic E-state index is 0.0282. The molecular weight excluding hydrogens is 512 g/mol. The van der Waals surface area contributed by atoms with Gasteiger partial charge in [0.15, 0.2) is 0 Å². The summed E-state index contributed by atoms with van der Waals surface area (Å²) in [6.45, 7) is 8.15. The van der Waals surface area contributed by atoms with E-state index in [2.05, 4.69) is 6.07 Å². The number of hydrogen-bond donors (Lipinski definition) is 0. The Morgan fingerprint density at radius 1 is 1.30 bits per heavy atom. The van der Waals surface area contributed by atoms with Crippen LogP contribution in [0, 0.1) is 24.2 Å². The largest absolute Gasteiger partial charge is 0.466 e. The SMILES string of the molecule is CCOC(=O)C1CCCN(c2c(/C=C3/SC(=S)N(CC4CCCO4)C3=O)c(C)c(C#N)c(=O)n2CC)C1. The molecule has 0 spiro atoms. The number of esters is 1. The first-order chi connectivity index (χ1) is 17.8. The number of hydrogen-bond acceptors (Lipinski definition) is 9. The summed E-state index contributed by atoms with van der Waals surface area (Å²) in [5.41, 5.74) is 0.805. The van der Waals surface area contributed by atoms with Gasteiger partial charge in [-0.25, -0.2) is 0 Å². The molecule has 3 aliphatic rings. The molecule has 3 aliphatic heterocycles. The number of piperidine rings is 1. The highest BCUT2D eigenvalue weighted by Gasteiger charge is 2.36. The van der Waals surface area contributed by atoms with Gasteiger partial charge < -0.3 is 14.4 Å². The van der Waals surface area contributed by atoms with Crippen molar-refractivity contribution in [3.63, 3.8) is 0 Å². The Hall–Kier alpha value is -2.68. The number of nitrogens with zero attached hydrogens (tertiary/aromatic N) is 4. The second-order valence-electron chi connectivity index (χ2n) is 9.36. The predicted octanol–water partition coefficient (Wildman–Crippen LogP) is 3.21. The quantitative estimate of drug-likeness (QED) is 0.291. The van der Waals surface area contributed by atoms with Crippen molar-refractivity contribution in [2.45, 2.75) is 59.1 Å². The molecule has 198 valence electrons. The molecule has 0 N–H and O–H groups in total. The topological polar surface area (TPSA) is 105 Å². The lowest BCUT2D eigenvalue weighted by molar-refractivity contribution is -0.148. The zero-order valence-corrected chi connectivity index (χ0v) is 23.1. The maximum atomic E-state index is 13.4. The van der Waals surface area contributed by atoms with E-state index in [0.717, 1.165) is 19.3 Å². The predicted molar refractivity (Wildman–Crippen MR) is 146 cm³/mol. The van der Waals surface area contributed by atoms with Crippen LogP contribution in [0.15, 0.2) is 9.70 Å². The first-order valence-electron chi connectivity index (χ1n) is 12.8. The lowest BCUT2D eigenvalue weighted by atomic mass is 9.96. The van der Waals surface area contributed by atoms with E-state index < -0.39 is 0 Å². The van der Waals surface area contributed by atoms with E-state index >= 15 is 0 Å². The standard InChI is InChI=1S/C26H32N4O5S2/c1-4-29-22(28-10-6-8-17(14-28)25(33)34-5-2)19(16(3)20(13-27)23(29)31)12-21-24(32)30(26(36)37-21)15-18-9-7-11-35-18/h12,17-18H,4-11,14-15H2,1-3H3/b21-12+. The van der Waals surface area contributed by atoms with Crippen LogP contribution in [-0.4, -0.2) is 64.6 Å². The van der Waals surface area contributed by atoms with Gasteiger partial charge in [-0.3, -0.25) is 23.9 Å². The number of anilines is 1. The van der Waals surface area contributed by atoms with Crippen LogP contribution in [0.25, 0.3) is 6.08 Å². The van der Waals surface area contributed by atoms with Crippen LogP contribution in [0.4, 0.5) is 5.82 Å². The molecule has 9 nitrogen and oxygen atoms in total. The Kier molecular flexibility index (Phi) is 8.72. The molecule has 4 heterocycles. The van der Waals surface area contributed by atoms with Gasteiger partial charge in [-0.15, -0.1) is 0 Å². The van der Waals surface area contributed by atoms with Crippen molar-refractivity contribution < 1.29 is 19.1 Å². The molecule has 2 atom stereocenters. The summed E-state index contributed by atoms with van der Waals surface area (Å²) < 4.78 is 13.0. The zero-order valence-electron chi connectivity index (χ0n) is 21.4. The third-order valence-electron chi connectivity index (χ3n) is 7.06. The van der Waals surface area contributed by atoms with Gasteiger partial charge >= 0.3 is 5.97 Å². The molecule has 1 aromatic heterocycles. The minimum Gasteiger partial charge on any atom is -0.466 e. The highest BCUT2D eigenvalue weighted by Crippen LogP contribution is 2.37. The monoisotopic (exact) mass is 544 g/mol. The van der Waals surface area contributed by atoms with E-state index in [9.17, 15) is 19.6 Å². The van der Waals surface area contributed by atoms with Crippen molar-refractivity contribution in [3.8, 4) is 6.07 Å². The molecule has 37 heavy (non-hydrogen) atoms. The fourth-order valence-corrected chi connectivity index (χ4v) is 6.44. The van der Waals surface area contributed by atoms with Crippen LogP contribution in [0.2, 0.25) is 0 Å². The number of ether oxygens (including phenoxy) is 2. The van der Waals surface area contributed by atoms with E-state index in [0.29, 0.717) is 72.0 Å². The van der Waals surface area contributed by atoms with Gasteiger partial charge in [0.05, 0.1) is 30.1 Å². The number of thiocarbonyl (C=S) groups is 1. The Morgan fingerprint density at radius 2 is 2.08 bits per heavy atom. The van der Waals surface area contributed by atoms with Gasteiger partial charge in [0.25, 0.3) is 11.5 Å². The molecule has 11 heteroatoms. The average molecular weight is 545 g/mol. The lowest BCUT2D eigenvalue weighted by Crippen LogP contribution is -2.43. The van der Waals surface area contributed by atoms with Crippen molar-refractivity contribution in [2.24, 2.45) is 5.92 Å². The highest BCUT2D eigenvalue weighted by molar-refractivity contribution is 8.26. The molecule has 1 amide bonds. The summed E-state index contributed by atoms with van der Waals surface area (Å²) in [5, 5.41) is 9.80. The summed E-state index contributed by atoms with van der Waals surface area (Å²) in [6.07, 6.45) is 5.04. The number of aromatic nitrogens is 1. The van der Waals surface area contributed by atoms with Gasteiger partial charge in [0, 0.05) is 31.8 Å². The van der Waals surface area contributed by atoms with Gasteiger partial charge in [-0.2, -0.15) is 5.26 Å². The lowest BCUT2D eigenvalue weighted by Gasteiger charge is -2.36. The van der Waals surface area contributed by atoms with Gasteiger partial charge in [0.1, 0.15) is 21.8 Å². The number of pyridine rings is 1. The van der Waals surface area contributed by atoms with Gasteiger partial charge in [-0.1, -0.05) is 24.0 Å². The molecule has 0 saturated carbocycles. The molecule has 4 rings (SSSR count). The number of carbonyl (C=O) groups is 2. The Labute approximate surface area is 226 Å². The van der Waals surface area contributed by atoms with E-state index in [1.165, 1.54) is 11.8 Å². The normalized spacial score (nSPS) is 23.1. The maximum absolute atomic E-state index is 13.4. The molecule has 0 bridgehead atoms. The molecular formula is C26H32N4O5S2. The van der Waals surface area contributed by atoms with E-state index in [-0.39, 0.29) is 35.0 Å². The maximum Gasteiger partial charge on any atom is 0.310 e. The zero-order chi connectivity index (χ0) is 26.7. The molecule has 3 saturated heterocycles. The number of rotatable bonds is 7. The minimum atomic E-state index is -0.376.